The molecule has 4 nitrogen and oxygen atoms in total. The van der Waals surface area contributed by atoms with Gasteiger partial charge in [-0.1, -0.05) is 58.3 Å². The first kappa shape index (κ1) is 22.4. The van der Waals surface area contributed by atoms with Gasteiger partial charge in [-0.3, -0.25) is 9.59 Å². The maximum absolute atomic E-state index is 11.4. The Morgan fingerprint density at radius 2 is 1.40 bits per heavy atom. The second kappa shape index (κ2) is 15.5. The summed E-state index contributed by atoms with van der Waals surface area (Å²) in [6.07, 6.45) is 11.3. The van der Waals surface area contributed by atoms with Crippen LogP contribution in [-0.4, -0.2) is 52.5 Å². The van der Waals surface area contributed by atoms with Crippen molar-refractivity contribution in [3.63, 3.8) is 0 Å². The van der Waals surface area contributed by atoms with Crippen LogP contribution in [0.15, 0.2) is 0 Å². The van der Waals surface area contributed by atoms with Crippen molar-refractivity contribution in [1.29, 1.82) is 0 Å². The summed E-state index contributed by atoms with van der Waals surface area (Å²) in [5, 5.41) is 8.58. The van der Waals surface area contributed by atoms with E-state index >= 15 is 0 Å². The van der Waals surface area contributed by atoms with Gasteiger partial charge in [-0.2, -0.15) is 0 Å². The first-order valence-electron chi connectivity index (χ1n) is 7.58. The van der Waals surface area contributed by atoms with Crippen LogP contribution < -0.4 is 5.73 Å². The fourth-order valence-corrected chi connectivity index (χ4v) is 2.07. The van der Waals surface area contributed by atoms with Gasteiger partial charge in [0.05, 0.1) is 0 Å². The van der Waals surface area contributed by atoms with E-state index in [0.29, 0.717) is 6.42 Å². The molecule has 20 heavy (non-hydrogen) atoms. The van der Waals surface area contributed by atoms with Crippen LogP contribution in [0.25, 0.3) is 0 Å². The molecule has 3 N–H and O–H groups in total. The summed E-state index contributed by atoms with van der Waals surface area (Å²) in [4.78, 5) is 21.9. The van der Waals surface area contributed by atoms with Gasteiger partial charge in [-0.05, 0) is 6.42 Å². The maximum atomic E-state index is 11.4. The van der Waals surface area contributed by atoms with Crippen molar-refractivity contribution in [3.05, 3.63) is 0 Å². The fraction of sp³-hybridized carbons (Fsp3) is 0.867. The average molecular weight is 295 g/mol. The number of carbonyl (C=O) groups is 2. The Labute approximate surface area is 145 Å². The van der Waals surface area contributed by atoms with E-state index < -0.39 is 12.0 Å². The molecule has 0 heterocycles. The molecule has 0 saturated carbocycles. The SMILES string of the molecule is CCCCCCCCCCCC(=O)C[C@@H](N)C(=O)O.[NaH]. The summed E-state index contributed by atoms with van der Waals surface area (Å²) >= 11 is 0. The van der Waals surface area contributed by atoms with E-state index in [0.717, 1.165) is 12.8 Å². The average Bonchev–Trinajstić information content (AvgIpc) is 2.36. The number of hydrogen-bond acceptors (Lipinski definition) is 3. The van der Waals surface area contributed by atoms with Crippen LogP contribution in [-0.2, 0) is 9.59 Å². The number of carboxylic acids is 1. The molecule has 0 radical (unpaired) electrons. The standard InChI is InChI=1S/C15H29NO3.Na.H/c1-2-3-4-5-6-7-8-9-10-11-13(17)12-14(16)15(18)19;;/h14H,2-12,16H2,1H3,(H,18,19);;/t14-;;/m1../s1. The molecule has 0 unspecified atom stereocenters. The molecule has 5 heteroatoms. The quantitative estimate of drug-likeness (QED) is 0.404. The first-order valence-corrected chi connectivity index (χ1v) is 7.58. The Morgan fingerprint density at radius 1 is 0.950 bits per heavy atom. The molecule has 0 bridgehead atoms. The van der Waals surface area contributed by atoms with Gasteiger partial charge in [-0.25, -0.2) is 0 Å². The predicted octanol–water partition coefficient (Wildman–Crippen LogP) is 2.63. The van der Waals surface area contributed by atoms with Crippen LogP contribution in [0, 0.1) is 0 Å². The molecule has 0 aliphatic heterocycles. The summed E-state index contributed by atoms with van der Waals surface area (Å²) < 4.78 is 0. The van der Waals surface area contributed by atoms with Crippen molar-refractivity contribution in [3.8, 4) is 0 Å². The molecule has 0 amide bonds. The molecule has 114 valence electrons. The van der Waals surface area contributed by atoms with Crippen molar-refractivity contribution >= 4 is 41.3 Å². The molecule has 0 fully saturated rings. The van der Waals surface area contributed by atoms with E-state index in [1.54, 1.807) is 0 Å². The molecule has 0 aromatic heterocycles. The molecule has 0 rings (SSSR count). The summed E-state index contributed by atoms with van der Waals surface area (Å²) in [6, 6.07) is -1.04. The Hall–Kier alpha value is 0.100. The van der Waals surface area contributed by atoms with Crippen LogP contribution in [0.4, 0.5) is 0 Å². The third kappa shape index (κ3) is 14.5. The molecular weight excluding hydrogens is 265 g/mol. The molecule has 0 spiro atoms. The zero-order chi connectivity index (χ0) is 14.5. The van der Waals surface area contributed by atoms with Gasteiger partial charge in [0.25, 0.3) is 0 Å². The molecule has 0 aromatic carbocycles. The minimum absolute atomic E-state index is 0. The van der Waals surface area contributed by atoms with E-state index in [4.69, 9.17) is 10.8 Å². The molecule has 1 atom stereocenters. The fourth-order valence-electron chi connectivity index (χ4n) is 2.07. The van der Waals surface area contributed by atoms with E-state index in [1.807, 2.05) is 0 Å². The van der Waals surface area contributed by atoms with Gasteiger partial charge >= 0.3 is 35.5 Å². The third-order valence-corrected chi connectivity index (χ3v) is 3.32. The van der Waals surface area contributed by atoms with Crippen LogP contribution in [0.1, 0.15) is 77.6 Å². The van der Waals surface area contributed by atoms with Crippen LogP contribution in [0.5, 0.6) is 0 Å². The van der Waals surface area contributed by atoms with Crippen molar-refractivity contribution in [2.24, 2.45) is 5.73 Å². The normalized spacial score (nSPS) is 11.7. The number of ketones is 1. The number of nitrogens with two attached hydrogens (primary N) is 1. The number of aliphatic carboxylic acids is 1. The van der Waals surface area contributed by atoms with Crippen molar-refractivity contribution in [2.45, 2.75) is 83.6 Å². The molecule has 0 aliphatic carbocycles. The summed E-state index contributed by atoms with van der Waals surface area (Å²) in [6.45, 7) is 2.22. The Bertz CT molecular complexity index is 260. The number of unbranched alkanes of at least 4 members (excludes halogenated alkanes) is 8. The summed E-state index contributed by atoms with van der Waals surface area (Å²) in [7, 11) is 0. The number of Topliss-reactive ketones (excluding diaryl/α,β-unsaturated/α-hetero) is 1. The minimum atomic E-state index is -1.10. The number of carboxylic acid groups (broad SMARTS) is 1. The monoisotopic (exact) mass is 295 g/mol. The van der Waals surface area contributed by atoms with E-state index in [9.17, 15) is 9.59 Å². The zero-order valence-corrected chi connectivity index (χ0v) is 12.2. The van der Waals surface area contributed by atoms with Gasteiger partial charge in [0.2, 0.25) is 0 Å². The van der Waals surface area contributed by atoms with Gasteiger partial charge in [0, 0.05) is 12.8 Å². The summed E-state index contributed by atoms with van der Waals surface area (Å²) in [5.74, 6) is -1.13. The second-order valence-corrected chi connectivity index (χ2v) is 5.27. The number of carbonyl (C=O) groups excluding carboxylic acids is 1. The second-order valence-electron chi connectivity index (χ2n) is 5.27. The van der Waals surface area contributed by atoms with Crippen LogP contribution in [0.3, 0.4) is 0 Å². The Morgan fingerprint density at radius 3 is 1.85 bits per heavy atom. The van der Waals surface area contributed by atoms with Crippen molar-refractivity contribution < 1.29 is 14.7 Å². The van der Waals surface area contributed by atoms with Crippen molar-refractivity contribution in [1.82, 2.24) is 0 Å². The predicted molar refractivity (Wildman–Crippen MR) is 84.2 cm³/mol. The molecule has 0 aromatic rings. The first-order chi connectivity index (χ1) is 9.07. The number of rotatable bonds is 13. The van der Waals surface area contributed by atoms with Crippen LogP contribution in [0.2, 0.25) is 0 Å². The molecular formula is C15H30NNaO3. The molecule has 0 saturated heterocycles. The van der Waals surface area contributed by atoms with Gasteiger partial charge in [0.15, 0.2) is 0 Å². The Kier molecular flexibility index (Phi) is 17.3. The third-order valence-electron chi connectivity index (χ3n) is 3.32. The van der Waals surface area contributed by atoms with E-state index in [1.165, 1.54) is 44.9 Å². The Balaban J connectivity index is 0. The number of hydrogen-bond donors (Lipinski definition) is 2. The van der Waals surface area contributed by atoms with Crippen LogP contribution >= 0.6 is 0 Å². The van der Waals surface area contributed by atoms with Gasteiger partial charge in [-0.15, -0.1) is 0 Å². The summed E-state index contributed by atoms with van der Waals surface area (Å²) in [5.41, 5.74) is 5.31. The van der Waals surface area contributed by atoms with E-state index in [-0.39, 0.29) is 41.8 Å². The molecule has 0 aliphatic rings. The van der Waals surface area contributed by atoms with Gasteiger partial charge < -0.3 is 10.8 Å². The van der Waals surface area contributed by atoms with Gasteiger partial charge in [0.1, 0.15) is 11.8 Å². The van der Waals surface area contributed by atoms with Crippen molar-refractivity contribution in [2.75, 3.05) is 0 Å². The topological polar surface area (TPSA) is 80.4 Å². The van der Waals surface area contributed by atoms with E-state index in [2.05, 4.69) is 6.92 Å². The zero-order valence-electron chi connectivity index (χ0n) is 12.2.